The Hall–Kier alpha value is -0.370. The van der Waals surface area contributed by atoms with Gasteiger partial charge in [-0.3, -0.25) is 0 Å². The van der Waals surface area contributed by atoms with E-state index in [9.17, 15) is 0 Å². The topological polar surface area (TPSA) is 12.9 Å². The Morgan fingerprint density at radius 1 is 1.31 bits per heavy atom. The van der Waals surface area contributed by atoms with Gasteiger partial charge in [-0.25, -0.2) is 4.98 Å². The minimum atomic E-state index is 0.226. The first kappa shape index (κ1) is 10.7. The van der Waals surface area contributed by atoms with Crippen LogP contribution in [0, 0.1) is 0 Å². The lowest BCUT2D eigenvalue weighted by Crippen LogP contribution is -2.21. The normalized spacial score (nSPS) is 11.7. The van der Waals surface area contributed by atoms with Gasteiger partial charge in [-0.15, -0.1) is 0 Å². The Morgan fingerprint density at radius 2 is 1.92 bits per heavy atom. The third-order valence-corrected chi connectivity index (χ3v) is 3.34. The van der Waals surface area contributed by atoms with E-state index in [0.717, 1.165) is 17.4 Å². The van der Waals surface area contributed by atoms with E-state index in [2.05, 4.69) is 53.8 Å². The van der Waals surface area contributed by atoms with Crippen molar-refractivity contribution < 1.29 is 0 Å². The van der Waals surface area contributed by atoms with Crippen molar-refractivity contribution in [2.45, 2.75) is 39.0 Å². The molecule has 13 heavy (non-hydrogen) atoms. The largest absolute Gasteiger partial charge is 0.245 e. The second-order valence-corrected chi connectivity index (χ2v) is 4.43. The lowest BCUT2D eigenvalue weighted by Gasteiger charge is -2.25. The monoisotopic (exact) mass is 241 g/mol. The summed E-state index contributed by atoms with van der Waals surface area (Å²) in [5, 5.41) is 0. The molecule has 1 heterocycles. The number of nitrogens with zero attached hydrogens (tertiary/aromatic N) is 1. The SMILES string of the molecule is CCC(C)(CC)c1cccc(Br)n1. The summed E-state index contributed by atoms with van der Waals surface area (Å²) in [6.45, 7) is 6.69. The number of hydrogen-bond acceptors (Lipinski definition) is 1. The maximum atomic E-state index is 4.50. The molecule has 0 amide bonds. The highest BCUT2D eigenvalue weighted by molar-refractivity contribution is 9.10. The van der Waals surface area contributed by atoms with Crippen molar-refractivity contribution in [2.75, 3.05) is 0 Å². The van der Waals surface area contributed by atoms with Crippen LogP contribution >= 0.6 is 15.9 Å². The van der Waals surface area contributed by atoms with Crippen molar-refractivity contribution in [3.05, 3.63) is 28.5 Å². The molecule has 0 atom stereocenters. The Labute approximate surface area is 88.7 Å². The summed E-state index contributed by atoms with van der Waals surface area (Å²) in [5.74, 6) is 0. The van der Waals surface area contributed by atoms with Crippen molar-refractivity contribution in [3.63, 3.8) is 0 Å². The first-order valence-corrected chi connectivity index (χ1v) is 5.54. The average molecular weight is 242 g/mol. The Kier molecular flexibility index (Phi) is 3.48. The van der Waals surface area contributed by atoms with Gasteiger partial charge >= 0.3 is 0 Å². The molecule has 0 spiro atoms. The van der Waals surface area contributed by atoms with Crippen LogP contribution in [0.3, 0.4) is 0 Å². The summed E-state index contributed by atoms with van der Waals surface area (Å²) in [5.41, 5.74) is 1.41. The minimum absolute atomic E-state index is 0.226. The predicted molar refractivity (Wildman–Crippen MR) is 59.9 cm³/mol. The fourth-order valence-electron chi connectivity index (χ4n) is 1.36. The molecule has 0 aliphatic heterocycles. The molecule has 1 rings (SSSR count). The van der Waals surface area contributed by atoms with Gasteiger partial charge in [0.25, 0.3) is 0 Å². The molecular formula is C11H16BrN. The summed E-state index contributed by atoms with van der Waals surface area (Å²) in [6.07, 6.45) is 2.26. The number of pyridine rings is 1. The van der Waals surface area contributed by atoms with E-state index >= 15 is 0 Å². The first-order chi connectivity index (χ1) is 6.12. The maximum Gasteiger partial charge on any atom is 0.106 e. The molecule has 0 aliphatic rings. The molecular weight excluding hydrogens is 226 g/mol. The van der Waals surface area contributed by atoms with Gasteiger partial charge < -0.3 is 0 Å². The zero-order chi connectivity index (χ0) is 9.90. The highest BCUT2D eigenvalue weighted by atomic mass is 79.9. The quantitative estimate of drug-likeness (QED) is 0.732. The first-order valence-electron chi connectivity index (χ1n) is 4.75. The second-order valence-electron chi connectivity index (χ2n) is 3.61. The van der Waals surface area contributed by atoms with E-state index < -0.39 is 0 Å². The highest BCUT2D eigenvalue weighted by Crippen LogP contribution is 2.29. The van der Waals surface area contributed by atoms with Crippen LogP contribution in [-0.4, -0.2) is 4.98 Å². The van der Waals surface area contributed by atoms with Gasteiger partial charge in [-0.05, 0) is 40.9 Å². The van der Waals surface area contributed by atoms with Gasteiger partial charge in [0, 0.05) is 11.1 Å². The lowest BCUT2D eigenvalue weighted by atomic mass is 9.81. The standard InChI is InChI=1S/C11H16BrN/c1-4-11(3,5-2)9-7-6-8-10(12)13-9/h6-8H,4-5H2,1-3H3. The predicted octanol–water partition coefficient (Wildman–Crippen LogP) is 3.92. The second kappa shape index (κ2) is 4.23. The Morgan fingerprint density at radius 3 is 2.38 bits per heavy atom. The summed E-state index contributed by atoms with van der Waals surface area (Å²) in [6, 6.07) is 6.13. The molecule has 0 aliphatic carbocycles. The molecule has 0 unspecified atom stereocenters. The van der Waals surface area contributed by atoms with Gasteiger partial charge in [0.1, 0.15) is 4.60 Å². The highest BCUT2D eigenvalue weighted by Gasteiger charge is 2.23. The van der Waals surface area contributed by atoms with Crippen molar-refractivity contribution in [1.29, 1.82) is 0 Å². The van der Waals surface area contributed by atoms with Gasteiger partial charge in [-0.2, -0.15) is 0 Å². The zero-order valence-corrected chi connectivity index (χ0v) is 10.1. The molecule has 0 saturated carbocycles. The average Bonchev–Trinajstić information content (AvgIpc) is 2.17. The molecule has 0 bridgehead atoms. The molecule has 72 valence electrons. The molecule has 0 fully saturated rings. The summed E-state index contributed by atoms with van der Waals surface area (Å²) in [7, 11) is 0. The van der Waals surface area contributed by atoms with Crippen LogP contribution in [-0.2, 0) is 5.41 Å². The molecule has 1 aromatic rings. The van der Waals surface area contributed by atoms with Crippen molar-refractivity contribution in [1.82, 2.24) is 4.98 Å². The minimum Gasteiger partial charge on any atom is -0.245 e. The Balaban J connectivity index is 3.05. The van der Waals surface area contributed by atoms with Crippen LogP contribution in [0.2, 0.25) is 0 Å². The number of halogens is 1. The maximum absolute atomic E-state index is 4.50. The van der Waals surface area contributed by atoms with Gasteiger partial charge in [0.15, 0.2) is 0 Å². The fourth-order valence-corrected chi connectivity index (χ4v) is 1.70. The molecule has 2 heteroatoms. The van der Waals surface area contributed by atoms with Crippen LogP contribution in [0.5, 0.6) is 0 Å². The summed E-state index contributed by atoms with van der Waals surface area (Å²) >= 11 is 3.40. The third kappa shape index (κ3) is 2.31. The number of hydrogen-bond donors (Lipinski definition) is 0. The van der Waals surface area contributed by atoms with Crippen LogP contribution in [0.15, 0.2) is 22.8 Å². The van der Waals surface area contributed by atoms with Gasteiger partial charge in [0.05, 0.1) is 0 Å². The van der Waals surface area contributed by atoms with E-state index in [0.29, 0.717) is 0 Å². The van der Waals surface area contributed by atoms with E-state index in [4.69, 9.17) is 0 Å². The van der Waals surface area contributed by atoms with Gasteiger partial charge in [0.2, 0.25) is 0 Å². The van der Waals surface area contributed by atoms with Crippen molar-refractivity contribution >= 4 is 15.9 Å². The molecule has 0 saturated heterocycles. The molecule has 0 radical (unpaired) electrons. The van der Waals surface area contributed by atoms with Crippen molar-refractivity contribution in [2.24, 2.45) is 0 Å². The van der Waals surface area contributed by atoms with E-state index in [1.54, 1.807) is 0 Å². The van der Waals surface area contributed by atoms with E-state index in [-0.39, 0.29) is 5.41 Å². The fraction of sp³-hybridized carbons (Fsp3) is 0.545. The lowest BCUT2D eigenvalue weighted by molar-refractivity contribution is 0.425. The number of rotatable bonds is 3. The van der Waals surface area contributed by atoms with Gasteiger partial charge in [-0.1, -0.05) is 26.8 Å². The van der Waals surface area contributed by atoms with E-state index in [1.165, 1.54) is 5.69 Å². The molecule has 1 aromatic heterocycles. The van der Waals surface area contributed by atoms with Crippen LogP contribution in [0.1, 0.15) is 39.3 Å². The van der Waals surface area contributed by atoms with Crippen molar-refractivity contribution in [3.8, 4) is 0 Å². The van der Waals surface area contributed by atoms with E-state index in [1.807, 2.05) is 6.07 Å². The Bertz CT molecular complexity index is 279. The molecule has 0 N–H and O–H groups in total. The van der Waals surface area contributed by atoms with Crippen LogP contribution in [0.4, 0.5) is 0 Å². The van der Waals surface area contributed by atoms with Crippen LogP contribution < -0.4 is 0 Å². The summed E-state index contributed by atoms with van der Waals surface area (Å²) < 4.78 is 0.929. The summed E-state index contributed by atoms with van der Waals surface area (Å²) in [4.78, 5) is 4.50. The molecule has 1 nitrogen and oxygen atoms in total. The number of aromatic nitrogens is 1. The third-order valence-electron chi connectivity index (χ3n) is 2.89. The zero-order valence-electron chi connectivity index (χ0n) is 8.47. The van der Waals surface area contributed by atoms with Crippen LogP contribution in [0.25, 0.3) is 0 Å². The molecule has 0 aromatic carbocycles. The smallest absolute Gasteiger partial charge is 0.106 e.